The molecule has 0 saturated heterocycles. The molecule has 0 aromatic heterocycles. The first-order chi connectivity index (χ1) is 17.1. The lowest BCUT2D eigenvalue weighted by atomic mass is 9.77. The first kappa shape index (κ1) is 28.8. The van der Waals surface area contributed by atoms with Crippen LogP contribution >= 0.6 is 34.8 Å². The molecule has 36 heavy (non-hydrogen) atoms. The topological polar surface area (TPSA) is 47.9 Å². The molecule has 2 aromatic carbocycles. The maximum Gasteiger partial charge on any atom is 0.282 e. The van der Waals surface area contributed by atoms with E-state index >= 15 is 0 Å². The fraction of sp³-hybridized carbons (Fsp3) is 0.500. The van der Waals surface area contributed by atoms with Crippen molar-refractivity contribution in [2.75, 3.05) is 18.6 Å². The van der Waals surface area contributed by atoms with Crippen molar-refractivity contribution in [3.8, 4) is 0 Å². The van der Waals surface area contributed by atoms with Gasteiger partial charge in [-0.3, -0.25) is 15.2 Å². The van der Waals surface area contributed by atoms with Gasteiger partial charge >= 0.3 is 0 Å². The molecule has 0 radical (unpaired) electrons. The van der Waals surface area contributed by atoms with E-state index in [0.29, 0.717) is 38.3 Å². The highest BCUT2D eigenvalue weighted by Gasteiger charge is 2.49. The Morgan fingerprint density at radius 3 is 2.31 bits per heavy atom. The second kappa shape index (κ2) is 12.2. The van der Waals surface area contributed by atoms with Crippen LogP contribution in [0.25, 0.3) is 0 Å². The van der Waals surface area contributed by atoms with Crippen LogP contribution in [0.4, 0.5) is 5.69 Å². The Labute approximate surface area is 230 Å². The lowest BCUT2D eigenvalue weighted by molar-refractivity contribution is -0.119. The summed E-state index contributed by atoms with van der Waals surface area (Å²) >= 11 is 18.9. The molecule has 3 unspecified atom stereocenters. The van der Waals surface area contributed by atoms with Crippen molar-refractivity contribution in [1.29, 1.82) is 0 Å². The summed E-state index contributed by atoms with van der Waals surface area (Å²) in [5.74, 6) is 1.07. The summed E-state index contributed by atoms with van der Waals surface area (Å²) in [5, 5.41) is 10.2. The number of nitrogens with one attached hydrogen (secondary N) is 1. The Morgan fingerprint density at radius 1 is 1.08 bits per heavy atom. The first-order valence-electron chi connectivity index (χ1n) is 12.7. The van der Waals surface area contributed by atoms with E-state index in [4.69, 9.17) is 39.9 Å². The molecule has 5 nitrogen and oxygen atoms in total. The van der Waals surface area contributed by atoms with E-state index < -0.39 is 5.41 Å². The minimum absolute atomic E-state index is 0.204. The van der Waals surface area contributed by atoms with Gasteiger partial charge < -0.3 is 0 Å². The summed E-state index contributed by atoms with van der Waals surface area (Å²) in [7, 11) is 1.93. The van der Waals surface area contributed by atoms with Crippen molar-refractivity contribution >= 4 is 52.1 Å². The Bertz CT molecular complexity index is 1090. The van der Waals surface area contributed by atoms with E-state index in [9.17, 15) is 4.79 Å². The molecule has 0 spiro atoms. The highest BCUT2D eigenvalue weighted by molar-refractivity contribution is 6.42. The number of halogens is 3. The zero-order valence-corrected chi connectivity index (χ0v) is 24.3. The van der Waals surface area contributed by atoms with Crippen LogP contribution < -0.4 is 10.4 Å². The van der Waals surface area contributed by atoms with Gasteiger partial charge in [0.05, 0.1) is 16.8 Å². The fourth-order valence-electron chi connectivity index (χ4n) is 5.25. The summed E-state index contributed by atoms with van der Waals surface area (Å²) in [6.45, 7) is 11.2. The Kier molecular flexibility index (Phi) is 9.73. The maximum absolute atomic E-state index is 13.5. The molecule has 1 aliphatic carbocycles. The third kappa shape index (κ3) is 6.19. The normalized spacial score (nSPS) is 22.8. The van der Waals surface area contributed by atoms with Crippen LogP contribution in [0.15, 0.2) is 47.6 Å². The summed E-state index contributed by atoms with van der Waals surface area (Å²) in [4.78, 5) is 13.5. The molecular formula is C28H37Cl3N4O. The van der Waals surface area contributed by atoms with E-state index in [1.165, 1.54) is 19.3 Å². The van der Waals surface area contributed by atoms with Gasteiger partial charge in [-0.2, -0.15) is 5.10 Å². The lowest BCUT2D eigenvalue weighted by Crippen LogP contribution is -2.48. The maximum atomic E-state index is 13.5. The SMILES string of the molecule is CC.CC1CCCC1CN(C)NC(=O)C1=NN(c2ccc(Cl)cc2Cl)C(c2ccc(Cl)cc2)C1(C)C. The molecule has 1 saturated carbocycles. The quantitative estimate of drug-likeness (QED) is 0.370. The van der Waals surface area contributed by atoms with E-state index in [2.05, 4.69) is 12.3 Å². The van der Waals surface area contributed by atoms with Crippen LogP contribution in [0.1, 0.15) is 65.5 Å². The lowest BCUT2D eigenvalue weighted by Gasteiger charge is -2.34. The van der Waals surface area contributed by atoms with Crippen LogP contribution in [0.5, 0.6) is 0 Å². The number of rotatable bonds is 6. The predicted molar refractivity (Wildman–Crippen MR) is 153 cm³/mol. The summed E-state index contributed by atoms with van der Waals surface area (Å²) in [5.41, 5.74) is 4.58. The Balaban J connectivity index is 0.00000176. The number of benzene rings is 2. The zero-order valence-electron chi connectivity index (χ0n) is 22.0. The molecule has 4 rings (SSSR count). The molecule has 1 N–H and O–H groups in total. The van der Waals surface area contributed by atoms with Gasteiger partial charge in [-0.1, -0.05) is 94.4 Å². The van der Waals surface area contributed by atoms with Crippen molar-refractivity contribution in [2.24, 2.45) is 22.4 Å². The monoisotopic (exact) mass is 550 g/mol. The van der Waals surface area contributed by atoms with Crippen molar-refractivity contribution < 1.29 is 4.79 Å². The van der Waals surface area contributed by atoms with Gasteiger partial charge in [-0.15, -0.1) is 0 Å². The fourth-order valence-corrected chi connectivity index (χ4v) is 5.87. The Hall–Kier alpha value is -1.79. The van der Waals surface area contributed by atoms with Crippen molar-refractivity contribution in [1.82, 2.24) is 10.4 Å². The average molecular weight is 552 g/mol. The molecule has 1 fully saturated rings. The van der Waals surface area contributed by atoms with Gasteiger partial charge in [0.15, 0.2) is 0 Å². The van der Waals surface area contributed by atoms with E-state index in [1.807, 2.05) is 75.1 Å². The number of carbonyl (C=O) groups is 1. The number of hydrogen-bond acceptors (Lipinski definition) is 4. The number of hydrazine groups is 1. The molecule has 3 atom stereocenters. The van der Waals surface area contributed by atoms with Gasteiger partial charge in [0.1, 0.15) is 5.71 Å². The molecule has 1 amide bonds. The molecule has 196 valence electrons. The molecule has 8 heteroatoms. The van der Waals surface area contributed by atoms with Gasteiger partial charge in [0, 0.05) is 29.1 Å². The van der Waals surface area contributed by atoms with Crippen LogP contribution in [-0.2, 0) is 4.79 Å². The minimum atomic E-state index is -0.609. The van der Waals surface area contributed by atoms with Gasteiger partial charge in [-0.05, 0) is 54.2 Å². The van der Waals surface area contributed by atoms with Crippen LogP contribution in [-0.4, -0.2) is 30.2 Å². The summed E-state index contributed by atoms with van der Waals surface area (Å²) in [6.07, 6.45) is 3.72. The average Bonchev–Trinajstić information content (AvgIpc) is 3.35. The number of anilines is 1. The van der Waals surface area contributed by atoms with E-state index in [1.54, 1.807) is 12.1 Å². The van der Waals surface area contributed by atoms with Crippen LogP contribution in [0.3, 0.4) is 0 Å². The number of hydrazone groups is 1. The molecule has 1 heterocycles. The van der Waals surface area contributed by atoms with Crippen molar-refractivity contribution in [3.63, 3.8) is 0 Å². The summed E-state index contributed by atoms with van der Waals surface area (Å²) in [6, 6.07) is 12.7. The van der Waals surface area contributed by atoms with E-state index in [-0.39, 0.29) is 11.9 Å². The second-order valence-corrected chi connectivity index (χ2v) is 11.3. The third-order valence-electron chi connectivity index (χ3n) is 7.14. The molecule has 0 bridgehead atoms. The zero-order chi connectivity index (χ0) is 26.6. The third-order valence-corrected chi connectivity index (χ3v) is 7.93. The number of carbonyl (C=O) groups excluding carboxylic acids is 1. The van der Waals surface area contributed by atoms with Gasteiger partial charge in [0.25, 0.3) is 5.91 Å². The first-order valence-corrected chi connectivity index (χ1v) is 13.8. The predicted octanol–water partition coefficient (Wildman–Crippen LogP) is 8.02. The van der Waals surface area contributed by atoms with Crippen molar-refractivity contribution in [2.45, 2.75) is 59.9 Å². The summed E-state index contributed by atoms with van der Waals surface area (Å²) < 4.78 is 0. The number of amides is 1. The Morgan fingerprint density at radius 2 is 1.72 bits per heavy atom. The minimum Gasteiger partial charge on any atom is -0.284 e. The van der Waals surface area contributed by atoms with Crippen LogP contribution in [0, 0.1) is 17.3 Å². The van der Waals surface area contributed by atoms with Gasteiger partial charge in [0.2, 0.25) is 0 Å². The highest BCUT2D eigenvalue weighted by atomic mass is 35.5. The largest absolute Gasteiger partial charge is 0.284 e. The number of nitrogens with zero attached hydrogens (tertiary/aromatic N) is 3. The number of hydrogen-bond donors (Lipinski definition) is 1. The molecule has 2 aliphatic rings. The smallest absolute Gasteiger partial charge is 0.282 e. The molecular weight excluding hydrogens is 515 g/mol. The molecule has 2 aromatic rings. The second-order valence-electron chi connectivity index (χ2n) is 10.1. The van der Waals surface area contributed by atoms with Crippen molar-refractivity contribution in [3.05, 3.63) is 63.1 Å². The van der Waals surface area contributed by atoms with E-state index in [0.717, 1.165) is 12.1 Å². The highest BCUT2D eigenvalue weighted by Crippen LogP contribution is 2.49. The van der Waals surface area contributed by atoms with Gasteiger partial charge in [-0.25, -0.2) is 5.01 Å². The van der Waals surface area contributed by atoms with Crippen LogP contribution in [0.2, 0.25) is 15.1 Å². The standard InChI is InChI=1S/C26H31Cl3N4O.C2H6/c1-16-6-5-7-18(16)15-32(4)31-25(34)23-26(2,3)24(17-8-10-19(27)11-9-17)33(30-23)22-13-12-20(28)14-21(22)29;1-2/h8-14,16,18,24H,5-7,15H2,1-4H3,(H,31,34);1-2H3. The molecule has 1 aliphatic heterocycles.